The van der Waals surface area contributed by atoms with Gasteiger partial charge in [0.05, 0.1) is 0 Å². The van der Waals surface area contributed by atoms with Gasteiger partial charge in [0.15, 0.2) is 14.1 Å². The monoisotopic (exact) mass is 457 g/mol. The molecule has 0 unspecified atom stereocenters. The third kappa shape index (κ3) is 5.04. The van der Waals surface area contributed by atoms with Gasteiger partial charge in [-0.1, -0.05) is 103 Å². The molecule has 1 aromatic heterocycles. The minimum Gasteiger partial charge on any atom is -0.356 e. The van der Waals surface area contributed by atoms with Crippen LogP contribution in [0.25, 0.3) is 11.1 Å². The van der Waals surface area contributed by atoms with Gasteiger partial charge in [-0.2, -0.15) is 0 Å². The Hall–Kier alpha value is -1.19. The molecule has 2 aromatic rings. The first kappa shape index (κ1) is 23.1. The molecule has 0 aliphatic heterocycles. The van der Waals surface area contributed by atoms with Crippen LogP contribution in [0.3, 0.4) is 0 Å². The van der Waals surface area contributed by atoms with Crippen LogP contribution in [0.4, 0.5) is 0 Å². The average Bonchev–Trinajstić information content (AvgIpc) is 2.67. The Morgan fingerprint density at radius 2 is 1.86 bits per heavy atom. The van der Waals surface area contributed by atoms with Crippen LogP contribution in [-0.2, 0) is 17.8 Å². The van der Waals surface area contributed by atoms with Crippen LogP contribution in [0.5, 0.6) is 0 Å². The summed E-state index contributed by atoms with van der Waals surface area (Å²) in [7, 11) is 1.89. The van der Waals surface area contributed by atoms with Crippen LogP contribution in [-0.4, -0.2) is 8.90 Å². The minimum absolute atomic E-state index is 0.0297. The topological polar surface area (TPSA) is 22.0 Å². The molecule has 2 rings (SSSR count). The maximum Gasteiger partial charge on any atom is 0.192 e. The summed E-state index contributed by atoms with van der Waals surface area (Å²) in [5.74, 6) is 0. The van der Waals surface area contributed by atoms with Gasteiger partial charge in [0.1, 0.15) is 0 Å². The molecule has 0 aliphatic rings. The van der Waals surface area contributed by atoms with Gasteiger partial charge in [-0.05, 0) is 30.0 Å². The normalized spacial score (nSPS) is 12.5. The fourth-order valence-electron chi connectivity index (χ4n) is 2.83. The second kappa shape index (κ2) is 9.54. The highest BCUT2D eigenvalue weighted by molar-refractivity contribution is 6.63. The van der Waals surface area contributed by atoms with E-state index in [1.807, 2.05) is 30.0 Å². The predicted molar refractivity (Wildman–Crippen MR) is 123 cm³/mol. The molecule has 0 aliphatic carbocycles. The summed E-state index contributed by atoms with van der Waals surface area (Å²) in [5, 5.41) is 0. The van der Waals surface area contributed by atoms with E-state index in [-0.39, 0.29) is 5.43 Å². The van der Waals surface area contributed by atoms with Crippen LogP contribution in [0.1, 0.15) is 30.9 Å². The number of aromatic nitrogens is 1. The van der Waals surface area contributed by atoms with Crippen LogP contribution in [0.15, 0.2) is 66.3 Å². The molecule has 0 amide bonds. The molecule has 0 saturated carbocycles. The summed E-state index contributed by atoms with van der Waals surface area (Å²) in [4.78, 5) is 13.0. The zero-order chi connectivity index (χ0) is 20.9. The fraction of sp³-hybridized carbons (Fsp3) is 0.318. The molecule has 0 spiro atoms. The Bertz CT molecular complexity index is 928. The van der Waals surface area contributed by atoms with Gasteiger partial charge >= 0.3 is 0 Å². The molecular weight excluding hydrogens is 436 g/mol. The van der Waals surface area contributed by atoms with Gasteiger partial charge in [-0.3, -0.25) is 4.79 Å². The van der Waals surface area contributed by atoms with Crippen molar-refractivity contribution in [3.8, 4) is 11.1 Å². The number of allylic oxidation sites excluding steroid dienone is 3. The van der Waals surface area contributed by atoms with Crippen molar-refractivity contribution in [2.24, 2.45) is 7.05 Å². The highest BCUT2D eigenvalue weighted by Crippen LogP contribution is 2.51. The smallest absolute Gasteiger partial charge is 0.192 e. The SMILES string of the molecule is C=CC(Cl)(Cl)C(Cl)(Cl)c1cccc(-c2cn(C)cc(C/C=C/CCC)c2=O)c1. The Morgan fingerprint density at radius 1 is 1.14 bits per heavy atom. The molecular formula is C22H23Cl4NO. The lowest BCUT2D eigenvalue weighted by atomic mass is 9.99. The molecule has 28 heavy (non-hydrogen) atoms. The molecule has 1 heterocycles. The Balaban J connectivity index is 2.50. The molecule has 2 nitrogen and oxygen atoms in total. The highest BCUT2D eigenvalue weighted by Gasteiger charge is 2.46. The molecule has 150 valence electrons. The van der Waals surface area contributed by atoms with E-state index in [1.165, 1.54) is 6.08 Å². The van der Waals surface area contributed by atoms with Crippen molar-refractivity contribution in [3.05, 3.63) is 82.8 Å². The van der Waals surface area contributed by atoms with Crippen molar-refractivity contribution in [3.63, 3.8) is 0 Å². The summed E-state index contributed by atoms with van der Waals surface area (Å²) < 4.78 is -1.34. The number of unbranched alkanes of at least 4 members (excludes halogenated alkanes) is 1. The number of hydrogen-bond acceptors (Lipinski definition) is 1. The van der Waals surface area contributed by atoms with E-state index < -0.39 is 8.67 Å². The number of aryl methyl sites for hydroxylation is 1. The lowest BCUT2D eigenvalue weighted by Gasteiger charge is -2.30. The van der Waals surface area contributed by atoms with Crippen molar-refractivity contribution in [1.29, 1.82) is 0 Å². The Kier molecular flexibility index (Phi) is 7.87. The zero-order valence-corrected chi connectivity index (χ0v) is 18.9. The highest BCUT2D eigenvalue weighted by atomic mass is 35.5. The molecule has 0 bridgehead atoms. The van der Waals surface area contributed by atoms with Crippen LogP contribution in [0, 0.1) is 0 Å². The summed E-state index contributed by atoms with van der Waals surface area (Å²) in [6.07, 6.45) is 11.7. The minimum atomic E-state index is -1.63. The van der Waals surface area contributed by atoms with Crippen molar-refractivity contribution < 1.29 is 0 Å². The fourth-order valence-corrected chi connectivity index (χ4v) is 3.43. The van der Waals surface area contributed by atoms with Gasteiger partial charge < -0.3 is 4.57 Å². The van der Waals surface area contributed by atoms with E-state index >= 15 is 0 Å². The second-order valence-electron chi connectivity index (χ2n) is 6.64. The van der Waals surface area contributed by atoms with E-state index in [9.17, 15) is 4.79 Å². The second-order valence-corrected chi connectivity index (χ2v) is 9.35. The molecule has 0 N–H and O–H groups in total. The Labute approximate surface area is 186 Å². The van der Waals surface area contributed by atoms with E-state index in [0.29, 0.717) is 23.1 Å². The first-order valence-electron chi connectivity index (χ1n) is 8.98. The predicted octanol–water partition coefficient (Wildman–Crippen LogP) is 6.94. The third-order valence-corrected chi connectivity index (χ3v) is 6.69. The van der Waals surface area contributed by atoms with Gasteiger partial charge in [0.25, 0.3) is 0 Å². The summed E-state index contributed by atoms with van der Waals surface area (Å²) in [6.45, 7) is 5.71. The summed E-state index contributed by atoms with van der Waals surface area (Å²) in [6, 6.07) is 7.05. The lowest BCUT2D eigenvalue weighted by Crippen LogP contribution is -2.31. The van der Waals surface area contributed by atoms with Gasteiger partial charge in [0, 0.05) is 30.6 Å². The van der Waals surface area contributed by atoms with Crippen molar-refractivity contribution in [2.45, 2.75) is 34.9 Å². The van der Waals surface area contributed by atoms with Crippen LogP contribution >= 0.6 is 46.4 Å². The standard InChI is InChI=1S/C22H23Cl4NO/c1-4-6-7-8-10-17-14-27(3)15-19(20(17)28)16-11-9-12-18(13-16)22(25,26)21(23,24)5-2/h5,7-9,11-15H,2,4,6,10H2,1,3H3/b8-7+. The average molecular weight is 459 g/mol. The molecule has 0 radical (unpaired) electrons. The van der Waals surface area contributed by atoms with E-state index in [4.69, 9.17) is 46.4 Å². The van der Waals surface area contributed by atoms with E-state index in [2.05, 4.69) is 19.6 Å². The van der Waals surface area contributed by atoms with Crippen molar-refractivity contribution in [1.82, 2.24) is 4.57 Å². The zero-order valence-electron chi connectivity index (χ0n) is 15.9. The number of alkyl halides is 4. The number of halogens is 4. The Morgan fingerprint density at radius 3 is 2.50 bits per heavy atom. The molecule has 6 heteroatoms. The summed E-state index contributed by atoms with van der Waals surface area (Å²) in [5.41, 5.74) is 2.42. The lowest BCUT2D eigenvalue weighted by molar-refractivity contribution is 0.813. The van der Waals surface area contributed by atoms with Crippen molar-refractivity contribution in [2.75, 3.05) is 0 Å². The first-order valence-corrected chi connectivity index (χ1v) is 10.5. The van der Waals surface area contributed by atoms with Crippen LogP contribution in [0.2, 0.25) is 0 Å². The van der Waals surface area contributed by atoms with Gasteiger partial charge in [-0.25, -0.2) is 0 Å². The molecule has 0 saturated heterocycles. The third-order valence-electron chi connectivity index (χ3n) is 4.40. The molecule has 1 aromatic carbocycles. The maximum atomic E-state index is 13.0. The number of pyridine rings is 1. The summed E-state index contributed by atoms with van der Waals surface area (Å²) >= 11 is 25.3. The van der Waals surface area contributed by atoms with Gasteiger partial charge in [-0.15, -0.1) is 0 Å². The molecule has 0 fully saturated rings. The quantitative estimate of drug-likeness (QED) is 0.310. The van der Waals surface area contributed by atoms with E-state index in [0.717, 1.165) is 18.4 Å². The molecule has 0 atom stereocenters. The van der Waals surface area contributed by atoms with Crippen molar-refractivity contribution >= 4 is 46.4 Å². The number of benzene rings is 1. The number of nitrogens with zero attached hydrogens (tertiary/aromatic N) is 1. The van der Waals surface area contributed by atoms with E-state index in [1.54, 1.807) is 24.4 Å². The van der Waals surface area contributed by atoms with Crippen LogP contribution < -0.4 is 5.43 Å². The largest absolute Gasteiger partial charge is 0.356 e. The number of hydrogen-bond donors (Lipinski definition) is 0. The number of rotatable bonds is 8. The maximum absolute atomic E-state index is 13.0. The van der Waals surface area contributed by atoms with Gasteiger partial charge in [0.2, 0.25) is 0 Å². The first-order chi connectivity index (χ1) is 13.1.